The van der Waals surface area contributed by atoms with Crippen LogP contribution in [0.2, 0.25) is 0 Å². The van der Waals surface area contributed by atoms with Gasteiger partial charge >= 0.3 is 0 Å². The summed E-state index contributed by atoms with van der Waals surface area (Å²) in [7, 11) is 0. The Bertz CT molecular complexity index is 564. The Balaban J connectivity index is 2.11. The van der Waals surface area contributed by atoms with Crippen LogP contribution in [0.3, 0.4) is 0 Å². The maximum atomic E-state index is 5.89. The number of hydrogen-bond acceptors (Lipinski definition) is 2. The zero-order valence-electron chi connectivity index (χ0n) is 11.9. The minimum atomic E-state index is 0.00625. The number of rotatable bonds is 5. The molecule has 2 aromatic rings. The van der Waals surface area contributed by atoms with Crippen LogP contribution in [-0.2, 0) is 6.42 Å². The van der Waals surface area contributed by atoms with Crippen molar-refractivity contribution in [1.82, 2.24) is 0 Å². The molecule has 0 heterocycles. The van der Waals surface area contributed by atoms with E-state index in [1.54, 1.807) is 0 Å². The molecule has 2 nitrogen and oxygen atoms in total. The van der Waals surface area contributed by atoms with Crippen LogP contribution in [0.5, 0.6) is 11.5 Å². The van der Waals surface area contributed by atoms with Gasteiger partial charge in [-0.1, -0.05) is 47.5 Å². The van der Waals surface area contributed by atoms with E-state index in [2.05, 4.69) is 35.0 Å². The largest absolute Gasteiger partial charge is 0.457 e. The quantitative estimate of drug-likeness (QED) is 0.814. The van der Waals surface area contributed by atoms with Gasteiger partial charge in [0.25, 0.3) is 0 Å². The predicted octanol–water partition coefficient (Wildman–Crippen LogP) is 5.21. The topological polar surface area (TPSA) is 35.2 Å². The summed E-state index contributed by atoms with van der Waals surface area (Å²) < 4.78 is 6.84. The molecular formula is C17H20BrNO. The average Bonchev–Trinajstić information content (AvgIpc) is 2.41. The van der Waals surface area contributed by atoms with Crippen LogP contribution in [0.25, 0.3) is 0 Å². The third-order valence-corrected chi connectivity index (χ3v) is 3.85. The first-order valence-corrected chi connectivity index (χ1v) is 7.71. The summed E-state index contributed by atoms with van der Waals surface area (Å²) in [6.45, 7) is 4.15. The van der Waals surface area contributed by atoms with Crippen LogP contribution in [0.15, 0.2) is 46.9 Å². The van der Waals surface area contributed by atoms with Gasteiger partial charge in [0.05, 0.1) is 0 Å². The van der Waals surface area contributed by atoms with Crippen molar-refractivity contribution in [2.75, 3.05) is 0 Å². The highest BCUT2D eigenvalue weighted by molar-refractivity contribution is 9.10. The molecule has 0 aliphatic heterocycles. The molecule has 0 bridgehead atoms. The summed E-state index contributed by atoms with van der Waals surface area (Å²) in [5.74, 6) is 1.66. The minimum Gasteiger partial charge on any atom is -0.457 e. The van der Waals surface area contributed by atoms with Gasteiger partial charge in [0.1, 0.15) is 11.5 Å². The molecule has 0 radical (unpaired) electrons. The highest BCUT2D eigenvalue weighted by atomic mass is 79.9. The first kappa shape index (κ1) is 15.1. The van der Waals surface area contributed by atoms with E-state index >= 15 is 0 Å². The van der Waals surface area contributed by atoms with Crippen molar-refractivity contribution in [2.45, 2.75) is 32.7 Å². The Kier molecular flexibility index (Phi) is 5.21. The lowest BCUT2D eigenvalue weighted by atomic mass is 10.1. The van der Waals surface area contributed by atoms with Gasteiger partial charge in [-0.3, -0.25) is 0 Å². The summed E-state index contributed by atoms with van der Waals surface area (Å²) in [6.07, 6.45) is 2.26. The van der Waals surface area contributed by atoms with Gasteiger partial charge in [0.15, 0.2) is 0 Å². The van der Waals surface area contributed by atoms with E-state index in [1.165, 1.54) is 5.56 Å². The number of nitrogens with two attached hydrogens (primary N) is 1. The fourth-order valence-corrected chi connectivity index (χ4v) is 2.81. The van der Waals surface area contributed by atoms with Crippen LogP contribution in [-0.4, -0.2) is 0 Å². The highest BCUT2D eigenvalue weighted by Crippen LogP contribution is 2.29. The Hall–Kier alpha value is -1.32. The van der Waals surface area contributed by atoms with Gasteiger partial charge in [-0.25, -0.2) is 0 Å². The molecule has 0 fully saturated rings. The maximum Gasteiger partial charge on any atom is 0.128 e. The van der Waals surface area contributed by atoms with Crippen molar-refractivity contribution in [3.8, 4) is 11.5 Å². The fraction of sp³-hybridized carbons (Fsp3) is 0.294. The van der Waals surface area contributed by atoms with Crippen molar-refractivity contribution >= 4 is 15.9 Å². The molecule has 0 amide bonds. The zero-order valence-corrected chi connectivity index (χ0v) is 13.5. The van der Waals surface area contributed by atoms with Crippen molar-refractivity contribution in [2.24, 2.45) is 5.73 Å². The van der Waals surface area contributed by atoms with Gasteiger partial charge in [0, 0.05) is 10.5 Å². The monoisotopic (exact) mass is 333 g/mol. The number of hydrogen-bond donors (Lipinski definition) is 1. The van der Waals surface area contributed by atoms with Gasteiger partial charge in [-0.2, -0.15) is 0 Å². The summed E-state index contributed by atoms with van der Waals surface area (Å²) in [4.78, 5) is 0. The number of benzene rings is 2. The Labute approximate surface area is 129 Å². The van der Waals surface area contributed by atoms with E-state index in [9.17, 15) is 0 Å². The maximum absolute atomic E-state index is 5.89. The molecule has 106 valence electrons. The molecule has 0 aromatic heterocycles. The van der Waals surface area contributed by atoms with Crippen LogP contribution < -0.4 is 10.5 Å². The van der Waals surface area contributed by atoms with Gasteiger partial charge in [-0.15, -0.1) is 0 Å². The third-order valence-electron chi connectivity index (χ3n) is 3.16. The smallest absolute Gasteiger partial charge is 0.128 e. The molecule has 0 saturated carbocycles. The van der Waals surface area contributed by atoms with E-state index in [1.807, 2.05) is 37.3 Å². The molecule has 2 N–H and O–H groups in total. The van der Waals surface area contributed by atoms with Crippen molar-refractivity contribution in [3.05, 3.63) is 58.1 Å². The van der Waals surface area contributed by atoms with Crippen molar-refractivity contribution in [1.29, 1.82) is 0 Å². The molecule has 0 aliphatic carbocycles. The van der Waals surface area contributed by atoms with Crippen LogP contribution in [0, 0.1) is 0 Å². The molecule has 0 aliphatic rings. The van der Waals surface area contributed by atoms with Gasteiger partial charge in [-0.05, 0) is 48.7 Å². The molecule has 2 aromatic carbocycles. The molecule has 3 heteroatoms. The third kappa shape index (κ3) is 3.84. The molecule has 1 atom stereocenters. The summed E-state index contributed by atoms with van der Waals surface area (Å²) in [5.41, 5.74) is 8.31. The fourth-order valence-electron chi connectivity index (χ4n) is 2.09. The Morgan fingerprint density at radius 1 is 1.10 bits per heavy atom. The minimum absolute atomic E-state index is 0.00625. The van der Waals surface area contributed by atoms with E-state index in [0.29, 0.717) is 0 Å². The van der Waals surface area contributed by atoms with Crippen molar-refractivity contribution < 1.29 is 4.74 Å². The molecule has 2 rings (SSSR count). The van der Waals surface area contributed by atoms with E-state index in [0.717, 1.165) is 34.4 Å². The van der Waals surface area contributed by atoms with E-state index in [4.69, 9.17) is 10.5 Å². The lowest BCUT2D eigenvalue weighted by Gasteiger charge is -2.11. The zero-order chi connectivity index (χ0) is 14.5. The van der Waals surface area contributed by atoms with Crippen molar-refractivity contribution in [3.63, 3.8) is 0 Å². The number of ether oxygens (including phenoxy) is 1. The molecule has 1 unspecified atom stereocenters. The lowest BCUT2D eigenvalue weighted by Crippen LogP contribution is -2.05. The summed E-state index contributed by atoms with van der Waals surface area (Å²) >= 11 is 3.53. The molecule has 0 spiro atoms. The molecular weight excluding hydrogens is 314 g/mol. The van der Waals surface area contributed by atoms with Crippen LogP contribution in [0.4, 0.5) is 0 Å². The van der Waals surface area contributed by atoms with Gasteiger partial charge < -0.3 is 10.5 Å². The second-order valence-electron chi connectivity index (χ2n) is 4.97. The molecule has 20 heavy (non-hydrogen) atoms. The lowest BCUT2D eigenvalue weighted by molar-refractivity contribution is 0.481. The Morgan fingerprint density at radius 3 is 2.30 bits per heavy atom. The second kappa shape index (κ2) is 6.91. The van der Waals surface area contributed by atoms with E-state index in [-0.39, 0.29) is 6.04 Å². The second-order valence-corrected chi connectivity index (χ2v) is 5.82. The summed E-state index contributed by atoms with van der Waals surface area (Å²) in [6, 6.07) is 14.2. The average molecular weight is 334 g/mol. The number of aryl methyl sites for hydroxylation is 1. The Morgan fingerprint density at radius 2 is 1.75 bits per heavy atom. The first-order valence-electron chi connectivity index (χ1n) is 6.92. The van der Waals surface area contributed by atoms with Crippen LogP contribution in [0.1, 0.15) is 37.4 Å². The summed E-state index contributed by atoms with van der Waals surface area (Å²) in [5, 5.41) is 0. The van der Waals surface area contributed by atoms with E-state index < -0.39 is 0 Å². The number of halogens is 1. The SMILES string of the molecule is CCCc1ccc(Oc2ccc(C(C)N)c(Br)c2)cc1. The standard InChI is InChI=1S/C17H20BrNO/c1-3-4-13-5-7-14(8-6-13)20-15-9-10-16(12(2)19)17(18)11-15/h5-12H,3-4,19H2,1-2H3. The van der Waals surface area contributed by atoms with Crippen LogP contribution >= 0.6 is 15.9 Å². The molecule has 0 saturated heterocycles. The normalized spacial score (nSPS) is 12.2. The highest BCUT2D eigenvalue weighted by Gasteiger charge is 2.06. The predicted molar refractivity (Wildman–Crippen MR) is 87.3 cm³/mol. The first-order chi connectivity index (χ1) is 9.60. The van der Waals surface area contributed by atoms with Gasteiger partial charge in [0.2, 0.25) is 0 Å².